The maximum atomic E-state index is 12.8. The maximum absolute atomic E-state index is 12.8. The van der Waals surface area contributed by atoms with Gasteiger partial charge in [-0.3, -0.25) is 9.69 Å². The van der Waals surface area contributed by atoms with Gasteiger partial charge >= 0.3 is 0 Å². The first-order valence-corrected chi connectivity index (χ1v) is 10.1. The molecule has 0 spiro atoms. The summed E-state index contributed by atoms with van der Waals surface area (Å²) in [7, 11) is 0. The number of β-amino-alcohol motifs (C(OH)–C–C–N with tert-alkyl or cyclic N) is 1. The molecule has 4 rings (SSSR count). The van der Waals surface area contributed by atoms with Crippen molar-refractivity contribution in [1.82, 2.24) is 9.80 Å². The van der Waals surface area contributed by atoms with E-state index in [4.69, 9.17) is 11.6 Å². The van der Waals surface area contributed by atoms with Crippen molar-refractivity contribution in [1.29, 1.82) is 0 Å². The molecule has 27 heavy (non-hydrogen) atoms. The lowest BCUT2D eigenvalue weighted by molar-refractivity contribution is 0.0627. The lowest BCUT2D eigenvalue weighted by atomic mass is 10.0. The second kappa shape index (κ2) is 8.01. The molecule has 142 valence electrons. The Labute approximate surface area is 165 Å². The number of aliphatic hydroxyl groups is 1. The number of rotatable bonds is 3. The summed E-state index contributed by atoms with van der Waals surface area (Å²) < 4.78 is 0. The number of aliphatic hydroxyl groups excluding tert-OH is 1. The van der Waals surface area contributed by atoms with Crippen LogP contribution in [0.1, 0.15) is 29.6 Å². The summed E-state index contributed by atoms with van der Waals surface area (Å²) in [5.41, 5.74) is 2.84. The molecule has 2 aliphatic heterocycles. The second-order valence-corrected chi connectivity index (χ2v) is 7.98. The molecule has 2 aliphatic rings. The molecule has 0 aliphatic carbocycles. The molecule has 2 saturated heterocycles. The fraction of sp³-hybridized carbons (Fsp3) is 0.409. The number of hydrogen-bond acceptors (Lipinski definition) is 3. The normalized spacial score (nSPS) is 21.6. The van der Waals surface area contributed by atoms with E-state index >= 15 is 0 Å². The van der Waals surface area contributed by atoms with Gasteiger partial charge < -0.3 is 10.0 Å². The van der Waals surface area contributed by atoms with Gasteiger partial charge in [-0.05, 0) is 54.7 Å². The fourth-order valence-electron chi connectivity index (χ4n) is 4.19. The Morgan fingerprint density at radius 1 is 0.963 bits per heavy atom. The van der Waals surface area contributed by atoms with Gasteiger partial charge in [0.15, 0.2) is 0 Å². The number of likely N-dealkylation sites (tertiary alicyclic amines) is 2. The van der Waals surface area contributed by atoms with E-state index in [0.717, 1.165) is 62.1 Å². The van der Waals surface area contributed by atoms with E-state index in [-0.39, 0.29) is 12.0 Å². The highest BCUT2D eigenvalue weighted by atomic mass is 35.5. The Balaban J connectivity index is 1.37. The summed E-state index contributed by atoms with van der Waals surface area (Å²) in [6.07, 6.45) is 2.67. The molecular formula is C22H25ClN2O2. The summed E-state index contributed by atoms with van der Waals surface area (Å²) in [6, 6.07) is 16.0. The lowest BCUT2D eigenvalue weighted by Crippen LogP contribution is -2.46. The minimum atomic E-state index is -0.178. The summed E-state index contributed by atoms with van der Waals surface area (Å²) >= 11 is 6.07. The minimum Gasteiger partial charge on any atom is -0.392 e. The van der Waals surface area contributed by atoms with Gasteiger partial charge in [0.05, 0.1) is 6.10 Å². The van der Waals surface area contributed by atoms with Crippen LogP contribution in [0, 0.1) is 0 Å². The van der Waals surface area contributed by atoms with Crippen molar-refractivity contribution in [2.45, 2.75) is 31.4 Å². The van der Waals surface area contributed by atoms with Crippen molar-refractivity contribution in [3.05, 3.63) is 59.1 Å². The number of hydrogen-bond donors (Lipinski definition) is 1. The number of benzene rings is 2. The minimum absolute atomic E-state index is 0.104. The van der Waals surface area contributed by atoms with Crippen LogP contribution in [0.5, 0.6) is 0 Å². The van der Waals surface area contributed by atoms with Gasteiger partial charge in [0.2, 0.25) is 0 Å². The third-order valence-electron chi connectivity index (χ3n) is 5.75. The Morgan fingerprint density at radius 2 is 1.70 bits per heavy atom. The second-order valence-electron chi connectivity index (χ2n) is 7.55. The predicted octanol–water partition coefficient (Wildman–Crippen LogP) is 3.68. The van der Waals surface area contributed by atoms with Crippen molar-refractivity contribution < 1.29 is 9.90 Å². The molecule has 5 heteroatoms. The monoisotopic (exact) mass is 384 g/mol. The number of nitrogens with zero attached hydrogens (tertiary/aromatic N) is 2. The van der Waals surface area contributed by atoms with Crippen molar-refractivity contribution in [3.63, 3.8) is 0 Å². The Hall–Kier alpha value is -1.88. The molecule has 1 atom stereocenters. The SMILES string of the molecule is O=C(c1ccc(-c2cccc(Cl)c2)cc1)N1CCC(N2CCC(O)C2)CC1. The van der Waals surface area contributed by atoms with E-state index in [0.29, 0.717) is 11.1 Å². The van der Waals surface area contributed by atoms with Crippen LogP contribution in [0.4, 0.5) is 0 Å². The first kappa shape index (κ1) is 18.5. The Kier molecular flexibility index (Phi) is 5.48. The quantitative estimate of drug-likeness (QED) is 0.877. The molecule has 2 aromatic carbocycles. The third kappa shape index (κ3) is 4.18. The molecule has 2 fully saturated rings. The van der Waals surface area contributed by atoms with Crippen LogP contribution in [-0.4, -0.2) is 59.1 Å². The molecular weight excluding hydrogens is 360 g/mol. The summed E-state index contributed by atoms with van der Waals surface area (Å²) in [5, 5.41) is 10.4. The number of carbonyl (C=O) groups is 1. The molecule has 4 nitrogen and oxygen atoms in total. The largest absolute Gasteiger partial charge is 0.392 e. The van der Waals surface area contributed by atoms with Crippen molar-refractivity contribution in [2.75, 3.05) is 26.2 Å². The van der Waals surface area contributed by atoms with E-state index in [2.05, 4.69) is 4.90 Å². The van der Waals surface area contributed by atoms with E-state index < -0.39 is 0 Å². The number of halogens is 1. The van der Waals surface area contributed by atoms with Gasteiger partial charge in [-0.1, -0.05) is 35.9 Å². The highest BCUT2D eigenvalue weighted by Gasteiger charge is 2.31. The van der Waals surface area contributed by atoms with E-state index in [1.807, 2.05) is 53.4 Å². The third-order valence-corrected chi connectivity index (χ3v) is 5.99. The van der Waals surface area contributed by atoms with Crippen LogP contribution in [0.2, 0.25) is 5.02 Å². The van der Waals surface area contributed by atoms with Gasteiger partial charge in [0, 0.05) is 42.8 Å². The Morgan fingerprint density at radius 3 is 2.33 bits per heavy atom. The highest BCUT2D eigenvalue weighted by Crippen LogP contribution is 2.25. The van der Waals surface area contributed by atoms with Crippen LogP contribution in [0.3, 0.4) is 0 Å². The number of piperidine rings is 1. The number of amides is 1. The zero-order valence-electron chi connectivity index (χ0n) is 15.4. The summed E-state index contributed by atoms with van der Waals surface area (Å²) in [4.78, 5) is 17.2. The van der Waals surface area contributed by atoms with Crippen molar-refractivity contribution in [2.24, 2.45) is 0 Å². The predicted molar refractivity (Wildman–Crippen MR) is 108 cm³/mol. The van der Waals surface area contributed by atoms with Gasteiger partial charge in [-0.15, -0.1) is 0 Å². The van der Waals surface area contributed by atoms with Crippen LogP contribution in [0.15, 0.2) is 48.5 Å². The van der Waals surface area contributed by atoms with Crippen molar-refractivity contribution in [3.8, 4) is 11.1 Å². The maximum Gasteiger partial charge on any atom is 0.253 e. The van der Waals surface area contributed by atoms with Gasteiger partial charge in [0.25, 0.3) is 5.91 Å². The smallest absolute Gasteiger partial charge is 0.253 e. The lowest BCUT2D eigenvalue weighted by Gasteiger charge is -2.36. The van der Waals surface area contributed by atoms with Crippen LogP contribution in [-0.2, 0) is 0 Å². The molecule has 0 aromatic heterocycles. The average molecular weight is 385 g/mol. The fourth-order valence-corrected chi connectivity index (χ4v) is 4.38. The Bertz CT molecular complexity index is 800. The molecule has 0 bridgehead atoms. The van der Waals surface area contributed by atoms with Crippen LogP contribution >= 0.6 is 11.6 Å². The highest BCUT2D eigenvalue weighted by molar-refractivity contribution is 6.30. The average Bonchev–Trinajstić information content (AvgIpc) is 3.14. The summed E-state index contributed by atoms with van der Waals surface area (Å²) in [5.74, 6) is 0.104. The van der Waals surface area contributed by atoms with E-state index in [9.17, 15) is 9.90 Å². The molecule has 2 aromatic rings. The summed E-state index contributed by atoms with van der Waals surface area (Å²) in [6.45, 7) is 3.33. The van der Waals surface area contributed by atoms with Gasteiger partial charge in [-0.25, -0.2) is 0 Å². The van der Waals surface area contributed by atoms with Crippen LogP contribution in [0.25, 0.3) is 11.1 Å². The zero-order valence-corrected chi connectivity index (χ0v) is 16.1. The first-order chi connectivity index (χ1) is 13.1. The molecule has 2 heterocycles. The molecule has 1 N–H and O–H groups in total. The van der Waals surface area contributed by atoms with Crippen LogP contribution < -0.4 is 0 Å². The van der Waals surface area contributed by atoms with E-state index in [1.165, 1.54) is 0 Å². The molecule has 0 saturated carbocycles. The van der Waals surface area contributed by atoms with Gasteiger partial charge in [-0.2, -0.15) is 0 Å². The first-order valence-electron chi connectivity index (χ1n) is 9.67. The molecule has 0 radical (unpaired) electrons. The van der Waals surface area contributed by atoms with E-state index in [1.54, 1.807) is 0 Å². The molecule has 1 unspecified atom stereocenters. The van der Waals surface area contributed by atoms with Gasteiger partial charge in [0.1, 0.15) is 0 Å². The zero-order chi connectivity index (χ0) is 18.8. The number of carbonyl (C=O) groups excluding carboxylic acids is 1. The topological polar surface area (TPSA) is 43.8 Å². The van der Waals surface area contributed by atoms with Crippen molar-refractivity contribution >= 4 is 17.5 Å². The standard InChI is InChI=1S/C22H25ClN2O2/c23-19-3-1-2-18(14-19)16-4-6-17(7-5-16)22(27)24-11-8-20(9-12-24)25-13-10-21(26)15-25/h1-7,14,20-21,26H,8-13,15H2. The molecule has 1 amide bonds.